The third kappa shape index (κ3) is 4.38. The Morgan fingerprint density at radius 1 is 1.45 bits per heavy atom. The van der Waals surface area contributed by atoms with Crippen LogP contribution in [0, 0.1) is 0 Å². The highest BCUT2D eigenvalue weighted by Gasteiger charge is 2.40. The Morgan fingerprint density at radius 3 is 2.64 bits per heavy atom. The molecule has 0 aliphatic carbocycles. The molecule has 0 unspecified atom stereocenters. The molecular formula is C16H23NO4S. The van der Waals surface area contributed by atoms with E-state index in [2.05, 4.69) is 0 Å². The van der Waals surface area contributed by atoms with Gasteiger partial charge in [0.1, 0.15) is 6.10 Å². The number of hydrogen-bond donors (Lipinski definition) is 1. The van der Waals surface area contributed by atoms with Crippen molar-refractivity contribution >= 4 is 17.9 Å². The smallest absolute Gasteiger partial charge is 0.407 e. The first-order valence-corrected chi connectivity index (χ1v) is 8.66. The molecular weight excluding hydrogens is 302 g/mol. The summed E-state index contributed by atoms with van der Waals surface area (Å²) >= 11 is 1.61. The van der Waals surface area contributed by atoms with E-state index in [1.165, 1.54) is 4.90 Å². The summed E-state index contributed by atoms with van der Waals surface area (Å²) in [5.74, 6) is 0.0154. The first-order chi connectivity index (χ1) is 10.4. The van der Waals surface area contributed by atoms with E-state index in [4.69, 9.17) is 9.47 Å². The lowest BCUT2D eigenvalue weighted by atomic mass is 10.1. The van der Waals surface area contributed by atoms with Crippen LogP contribution in [0.15, 0.2) is 30.3 Å². The van der Waals surface area contributed by atoms with E-state index in [0.29, 0.717) is 18.9 Å². The molecule has 2 rings (SSSR count). The quantitative estimate of drug-likeness (QED) is 0.871. The third-order valence-corrected chi connectivity index (χ3v) is 4.31. The van der Waals surface area contributed by atoms with Gasteiger partial charge in [-0.3, -0.25) is 4.90 Å². The molecule has 0 saturated carbocycles. The minimum Gasteiger partial charge on any atom is -0.465 e. The molecule has 2 atom stereocenters. The van der Waals surface area contributed by atoms with E-state index >= 15 is 0 Å². The molecule has 1 aromatic carbocycles. The van der Waals surface area contributed by atoms with Crippen LogP contribution in [0.3, 0.4) is 0 Å². The van der Waals surface area contributed by atoms with Crippen molar-refractivity contribution < 1.29 is 19.4 Å². The second kappa shape index (κ2) is 7.35. The van der Waals surface area contributed by atoms with Crippen LogP contribution < -0.4 is 0 Å². The lowest BCUT2D eigenvalue weighted by molar-refractivity contribution is -0.144. The van der Waals surface area contributed by atoms with Gasteiger partial charge in [0, 0.05) is 12.3 Å². The molecule has 0 aromatic heterocycles. The van der Waals surface area contributed by atoms with Crippen molar-refractivity contribution in [3.63, 3.8) is 0 Å². The number of carboxylic acid groups (broad SMARTS) is 1. The monoisotopic (exact) mass is 325 g/mol. The predicted molar refractivity (Wildman–Crippen MR) is 87.1 cm³/mol. The van der Waals surface area contributed by atoms with Crippen molar-refractivity contribution in [3.05, 3.63) is 35.9 Å². The van der Waals surface area contributed by atoms with Crippen LogP contribution in [-0.2, 0) is 16.0 Å². The van der Waals surface area contributed by atoms with Crippen LogP contribution in [0.4, 0.5) is 4.79 Å². The molecule has 0 spiro atoms. The Bertz CT molecular complexity index is 494. The number of hydrogen-bond acceptors (Lipinski definition) is 4. The summed E-state index contributed by atoms with van der Waals surface area (Å²) < 4.78 is 11.5. The van der Waals surface area contributed by atoms with Crippen molar-refractivity contribution in [2.45, 2.75) is 38.3 Å². The fraction of sp³-hybridized carbons (Fsp3) is 0.562. The lowest BCUT2D eigenvalue weighted by Crippen LogP contribution is -2.49. The summed E-state index contributed by atoms with van der Waals surface area (Å²) in [5.41, 5.74) is 0.967. The van der Waals surface area contributed by atoms with Gasteiger partial charge in [-0.25, -0.2) is 4.79 Å². The normalized spacial score (nSPS) is 21.5. The van der Waals surface area contributed by atoms with E-state index in [-0.39, 0.29) is 12.1 Å². The average molecular weight is 325 g/mol. The van der Waals surface area contributed by atoms with Crippen LogP contribution in [0.2, 0.25) is 0 Å². The second-order valence-electron chi connectivity index (χ2n) is 5.79. The first kappa shape index (κ1) is 17.1. The van der Waals surface area contributed by atoms with E-state index < -0.39 is 11.9 Å². The highest BCUT2D eigenvalue weighted by molar-refractivity contribution is 7.98. The molecule has 22 heavy (non-hydrogen) atoms. The fourth-order valence-electron chi connectivity index (χ4n) is 2.58. The molecule has 1 aliphatic heterocycles. The summed E-state index contributed by atoms with van der Waals surface area (Å²) in [7, 11) is 0. The number of ether oxygens (including phenoxy) is 2. The third-order valence-electron chi connectivity index (χ3n) is 3.64. The van der Waals surface area contributed by atoms with Crippen molar-refractivity contribution in [2.75, 3.05) is 18.6 Å². The van der Waals surface area contributed by atoms with Gasteiger partial charge < -0.3 is 14.6 Å². The van der Waals surface area contributed by atoms with Crippen LogP contribution >= 0.6 is 11.8 Å². The number of amides is 1. The standard InChI is InChI=1S/C16H23NO4S/c1-16(2)20-10-14(21-16)13(11-22-3)17(15(18)19)9-12-7-5-4-6-8-12/h4-8,13-14H,9-11H2,1-3H3,(H,18,19)/t13-,14+/m1/s1. The van der Waals surface area contributed by atoms with Gasteiger partial charge in [0.15, 0.2) is 5.79 Å². The average Bonchev–Trinajstić information content (AvgIpc) is 2.83. The number of benzene rings is 1. The summed E-state index contributed by atoms with van der Waals surface area (Å²) in [6.07, 6.45) is 0.787. The molecule has 6 heteroatoms. The molecule has 1 aromatic rings. The Morgan fingerprint density at radius 2 is 2.14 bits per heavy atom. The summed E-state index contributed by atoms with van der Waals surface area (Å²) in [6, 6.07) is 9.37. The molecule has 1 fully saturated rings. The van der Waals surface area contributed by atoms with E-state index in [9.17, 15) is 9.90 Å². The first-order valence-electron chi connectivity index (χ1n) is 7.27. The molecule has 1 N–H and O–H groups in total. The maximum Gasteiger partial charge on any atom is 0.407 e. The van der Waals surface area contributed by atoms with Crippen molar-refractivity contribution in [1.82, 2.24) is 4.90 Å². The highest BCUT2D eigenvalue weighted by atomic mass is 32.2. The van der Waals surface area contributed by atoms with Crippen molar-refractivity contribution in [2.24, 2.45) is 0 Å². The Balaban J connectivity index is 2.17. The van der Waals surface area contributed by atoms with Crippen LogP contribution in [0.5, 0.6) is 0 Å². The minimum atomic E-state index is -0.934. The SMILES string of the molecule is CSC[C@H]([C@@H]1COC(C)(C)O1)N(Cc1ccccc1)C(=O)O. The van der Waals surface area contributed by atoms with Gasteiger partial charge in [-0.1, -0.05) is 30.3 Å². The number of carbonyl (C=O) groups is 1. The molecule has 0 radical (unpaired) electrons. The van der Waals surface area contributed by atoms with Gasteiger partial charge in [-0.05, 0) is 25.7 Å². The number of rotatable bonds is 6. The molecule has 1 aliphatic rings. The Kier molecular flexibility index (Phi) is 5.72. The van der Waals surface area contributed by atoms with Gasteiger partial charge in [0.05, 0.1) is 12.6 Å². The van der Waals surface area contributed by atoms with Gasteiger partial charge >= 0.3 is 6.09 Å². The zero-order chi connectivity index (χ0) is 16.2. The van der Waals surface area contributed by atoms with Gasteiger partial charge in [-0.15, -0.1) is 0 Å². The maximum absolute atomic E-state index is 11.8. The predicted octanol–water partition coefficient (Wildman–Crippen LogP) is 3.05. The zero-order valence-corrected chi connectivity index (χ0v) is 14.0. The van der Waals surface area contributed by atoms with Crippen LogP contribution in [0.25, 0.3) is 0 Å². The Hall–Kier alpha value is -1.24. The molecule has 0 bridgehead atoms. The molecule has 1 amide bonds. The van der Waals surface area contributed by atoms with E-state index in [1.54, 1.807) is 11.8 Å². The van der Waals surface area contributed by atoms with Crippen LogP contribution in [0.1, 0.15) is 19.4 Å². The van der Waals surface area contributed by atoms with Crippen molar-refractivity contribution in [1.29, 1.82) is 0 Å². The minimum absolute atomic E-state index is 0.241. The molecule has 1 heterocycles. The molecule has 1 saturated heterocycles. The summed E-state index contributed by atoms with van der Waals surface area (Å²) in [6.45, 7) is 4.47. The van der Waals surface area contributed by atoms with E-state index in [1.807, 2.05) is 50.4 Å². The largest absolute Gasteiger partial charge is 0.465 e. The summed E-state index contributed by atoms with van der Waals surface area (Å²) in [4.78, 5) is 13.2. The summed E-state index contributed by atoms with van der Waals surface area (Å²) in [5, 5.41) is 9.64. The number of thioether (sulfide) groups is 1. The van der Waals surface area contributed by atoms with Crippen molar-refractivity contribution in [3.8, 4) is 0 Å². The fourth-order valence-corrected chi connectivity index (χ4v) is 3.32. The number of nitrogens with zero attached hydrogens (tertiary/aromatic N) is 1. The van der Waals surface area contributed by atoms with Gasteiger partial charge in [0.25, 0.3) is 0 Å². The second-order valence-corrected chi connectivity index (χ2v) is 6.70. The lowest BCUT2D eigenvalue weighted by Gasteiger charge is -2.33. The molecule has 5 nitrogen and oxygen atoms in total. The van der Waals surface area contributed by atoms with Gasteiger partial charge in [-0.2, -0.15) is 11.8 Å². The Labute approximate surface area is 135 Å². The van der Waals surface area contributed by atoms with Gasteiger partial charge in [0.2, 0.25) is 0 Å². The van der Waals surface area contributed by atoms with Crippen LogP contribution in [-0.4, -0.2) is 52.6 Å². The zero-order valence-electron chi connectivity index (χ0n) is 13.2. The maximum atomic E-state index is 11.8. The molecule has 122 valence electrons. The van der Waals surface area contributed by atoms with E-state index in [0.717, 1.165) is 5.56 Å². The highest BCUT2D eigenvalue weighted by Crippen LogP contribution is 2.28. The topological polar surface area (TPSA) is 59.0 Å².